The first-order chi connectivity index (χ1) is 12.1. The van der Waals surface area contributed by atoms with Crippen molar-refractivity contribution in [2.24, 2.45) is 0 Å². The van der Waals surface area contributed by atoms with Crippen molar-refractivity contribution in [2.45, 2.75) is 50.0 Å². The van der Waals surface area contributed by atoms with Crippen LogP contribution in [0.5, 0.6) is 11.5 Å². The molecule has 0 aliphatic carbocycles. The van der Waals surface area contributed by atoms with E-state index in [1.54, 1.807) is 0 Å². The lowest BCUT2D eigenvalue weighted by molar-refractivity contribution is -0.301. The average molecular weight is 356 g/mol. The van der Waals surface area contributed by atoms with Crippen LogP contribution in [0.25, 0.3) is 0 Å². The molecule has 2 aliphatic heterocycles. The van der Waals surface area contributed by atoms with Gasteiger partial charge in [-0.25, -0.2) is 0 Å². The molecule has 25 heavy (non-hydrogen) atoms. The lowest BCUT2D eigenvalue weighted by Gasteiger charge is -2.39. The van der Waals surface area contributed by atoms with Crippen molar-refractivity contribution in [1.82, 2.24) is 0 Å². The topological polar surface area (TPSA) is 118 Å². The van der Waals surface area contributed by atoms with Crippen molar-refractivity contribution in [3.8, 4) is 11.5 Å². The third kappa shape index (κ3) is 4.22. The van der Waals surface area contributed by atoms with E-state index in [1.807, 2.05) is 18.2 Å². The van der Waals surface area contributed by atoms with Gasteiger partial charge in [-0.1, -0.05) is 6.07 Å². The van der Waals surface area contributed by atoms with E-state index in [2.05, 4.69) is 0 Å². The van der Waals surface area contributed by atoms with E-state index >= 15 is 0 Å². The molecule has 1 aromatic rings. The third-order valence-electron chi connectivity index (χ3n) is 4.43. The van der Waals surface area contributed by atoms with Gasteiger partial charge in [0.1, 0.15) is 24.4 Å². The Balaban J connectivity index is 1.39. The van der Waals surface area contributed by atoms with Crippen LogP contribution in [0, 0.1) is 0 Å². The Labute approximate surface area is 145 Å². The van der Waals surface area contributed by atoms with Gasteiger partial charge in [-0.15, -0.1) is 0 Å². The minimum absolute atomic E-state index is 0.256. The lowest BCUT2D eigenvalue weighted by atomic mass is 9.99. The van der Waals surface area contributed by atoms with E-state index in [0.717, 1.165) is 36.3 Å². The highest BCUT2D eigenvalue weighted by Crippen LogP contribution is 2.32. The molecule has 8 heteroatoms. The van der Waals surface area contributed by atoms with E-state index < -0.39 is 37.3 Å². The van der Waals surface area contributed by atoms with Gasteiger partial charge in [0, 0.05) is 6.61 Å². The summed E-state index contributed by atoms with van der Waals surface area (Å²) in [7, 11) is 0. The Hall–Kier alpha value is -1.42. The van der Waals surface area contributed by atoms with Crippen LogP contribution in [0.15, 0.2) is 18.2 Å². The van der Waals surface area contributed by atoms with Crippen LogP contribution in [-0.4, -0.2) is 71.1 Å². The number of benzene rings is 1. The van der Waals surface area contributed by atoms with Crippen molar-refractivity contribution in [2.75, 3.05) is 20.0 Å². The van der Waals surface area contributed by atoms with Gasteiger partial charge >= 0.3 is 0 Å². The van der Waals surface area contributed by atoms with E-state index in [4.69, 9.17) is 24.1 Å². The second-order valence-corrected chi connectivity index (χ2v) is 6.21. The summed E-state index contributed by atoms with van der Waals surface area (Å²) in [5, 5.41) is 38.4. The van der Waals surface area contributed by atoms with E-state index in [9.17, 15) is 15.3 Å². The van der Waals surface area contributed by atoms with Crippen LogP contribution < -0.4 is 9.47 Å². The molecule has 0 radical (unpaired) electrons. The molecule has 0 amide bonds. The molecule has 8 nitrogen and oxygen atoms in total. The highest BCUT2D eigenvalue weighted by atomic mass is 16.7. The van der Waals surface area contributed by atoms with Gasteiger partial charge in [0.25, 0.3) is 0 Å². The predicted molar refractivity (Wildman–Crippen MR) is 85.2 cm³/mol. The summed E-state index contributed by atoms with van der Waals surface area (Å²) in [6, 6.07) is 5.84. The molecule has 1 aromatic carbocycles. The smallest absolute Gasteiger partial charge is 0.231 e. The number of aryl methyl sites for hydroxylation is 1. The monoisotopic (exact) mass is 356 g/mol. The first kappa shape index (κ1) is 18.4. The molecule has 0 unspecified atom stereocenters. The zero-order chi connectivity index (χ0) is 17.8. The maximum atomic E-state index is 9.88. The summed E-state index contributed by atoms with van der Waals surface area (Å²) in [6.07, 6.45) is -3.73. The Bertz CT molecular complexity index is 564. The molecule has 4 N–H and O–H groups in total. The Morgan fingerprint density at radius 2 is 1.80 bits per heavy atom. The predicted octanol–water partition coefficient (Wildman–Crippen LogP) is -0.446. The van der Waals surface area contributed by atoms with Crippen molar-refractivity contribution in [3.63, 3.8) is 0 Å². The van der Waals surface area contributed by atoms with Gasteiger partial charge in [0.05, 0.1) is 6.61 Å². The Morgan fingerprint density at radius 1 is 1.00 bits per heavy atom. The van der Waals surface area contributed by atoms with E-state index in [0.29, 0.717) is 6.61 Å². The first-order valence-electron chi connectivity index (χ1n) is 8.41. The van der Waals surface area contributed by atoms with E-state index in [-0.39, 0.29) is 6.79 Å². The number of aliphatic hydroxyl groups excluding tert-OH is 4. The third-order valence-corrected chi connectivity index (χ3v) is 4.43. The van der Waals surface area contributed by atoms with Gasteiger partial charge in [-0.05, 0) is 37.0 Å². The van der Waals surface area contributed by atoms with Crippen molar-refractivity contribution in [3.05, 3.63) is 23.8 Å². The number of ether oxygens (including phenoxy) is 4. The normalized spacial score (nSPS) is 31.3. The summed E-state index contributed by atoms with van der Waals surface area (Å²) in [5.41, 5.74) is 1.14. The van der Waals surface area contributed by atoms with Crippen LogP contribution in [-0.2, 0) is 15.9 Å². The number of rotatable bonds is 7. The lowest BCUT2D eigenvalue weighted by Crippen LogP contribution is -2.59. The maximum Gasteiger partial charge on any atom is 0.231 e. The molecule has 0 bridgehead atoms. The van der Waals surface area contributed by atoms with Crippen molar-refractivity contribution < 1.29 is 39.4 Å². The molecule has 0 spiro atoms. The molecular weight excluding hydrogens is 332 g/mol. The maximum absolute atomic E-state index is 9.88. The SMILES string of the molecule is OC[C@H]1O[C@@H](OCCCCc2ccc3c(c2)OCO3)[C@H](O)[C@@H](O)[C@@H]1O. The summed E-state index contributed by atoms with van der Waals surface area (Å²) < 4.78 is 21.4. The second kappa shape index (κ2) is 8.31. The van der Waals surface area contributed by atoms with Gasteiger partial charge in [-0.2, -0.15) is 0 Å². The summed E-state index contributed by atoms with van der Waals surface area (Å²) in [4.78, 5) is 0. The molecule has 2 aliphatic rings. The highest BCUT2D eigenvalue weighted by molar-refractivity contribution is 5.44. The molecule has 0 aromatic heterocycles. The number of aliphatic hydroxyl groups is 4. The van der Waals surface area contributed by atoms with Crippen molar-refractivity contribution in [1.29, 1.82) is 0 Å². The zero-order valence-corrected chi connectivity index (χ0v) is 13.8. The summed E-state index contributed by atoms with van der Waals surface area (Å²) in [6.45, 7) is 0.119. The van der Waals surface area contributed by atoms with Crippen LogP contribution in [0.4, 0.5) is 0 Å². The molecule has 0 saturated carbocycles. The fourth-order valence-corrected chi connectivity index (χ4v) is 2.93. The quantitative estimate of drug-likeness (QED) is 0.486. The number of unbranched alkanes of at least 4 members (excludes halogenated alkanes) is 1. The largest absolute Gasteiger partial charge is 0.454 e. The Morgan fingerprint density at radius 3 is 2.60 bits per heavy atom. The Kier molecular flexibility index (Phi) is 6.10. The number of hydrogen-bond donors (Lipinski definition) is 4. The molecular formula is C17H24O8. The van der Waals surface area contributed by atoms with Crippen LogP contribution in [0.1, 0.15) is 18.4 Å². The minimum Gasteiger partial charge on any atom is -0.454 e. The van der Waals surface area contributed by atoms with Gasteiger partial charge in [-0.3, -0.25) is 0 Å². The molecule has 1 saturated heterocycles. The van der Waals surface area contributed by atoms with Gasteiger partial charge in [0.15, 0.2) is 17.8 Å². The standard InChI is InChI=1S/C17H24O8/c18-8-13-14(19)15(20)16(21)17(25-13)22-6-2-1-3-10-4-5-11-12(7-10)24-9-23-11/h4-5,7,13-21H,1-3,6,8-9H2/t13-,14-,15+,16-,17-/m1/s1. The second-order valence-electron chi connectivity index (χ2n) is 6.21. The summed E-state index contributed by atoms with van der Waals surface area (Å²) >= 11 is 0. The van der Waals surface area contributed by atoms with E-state index in [1.165, 1.54) is 0 Å². The van der Waals surface area contributed by atoms with Crippen molar-refractivity contribution >= 4 is 0 Å². The van der Waals surface area contributed by atoms with Gasteiger partial charge < -0.3 is 39.4 Å². The molecule has 3 rings (SSSR count). The number of fused-ring (bicyclic) bond motifs is 1. The van der Waals surface area contributed by atoms with Crippen LogP contribution in [0.2, 0.25) is 0 Å². The molecule has 1 fully saturated rings. The molecule has 140 valence electrons. The fraction of sp³-hybridized carbons (Fsp3) is 0.647. The highest BCUT2D eigenvalue weighted by Gasteiger charge is 2.43. The minimum atomic E-state index is -1.41. The zero-order valence-electron chi connectivity index (χ0n) is 13.8. The molecule has 2 heterocycles. The first-order valence-corrected chi connectivity index (χ1v) is 8.41. The average Bonchev–Trinajstić information content (AvgIpc) is 3.09. The molecule has 5 atom stereocenters. The number of hydrogen-bond acceptors (Lipinski definition) is 8. The fourth-order valence-electron chi connectivity index (χ4n) is 2.93. The van der Waals surface area contributed by atoms with Gasteiger partial charge in [0.2, 0.25) is 6.79 Å². The van der Waals surface area contributed by atoms with Crippen LogP contribution in [0.3, 0.4) is 0 Å². The summed E-state index contributed by atoms with van der Waals surface area (Å²) in [5.74, 6) is 1.52. The van der Waals surface area contributed by atoms with Crippen LogP contribution >= 0.6 is 0 Å².